The van der Waals surface area contributed by atoms with Crippen molar-refractivity contribution in [3.05, 3.63) is 76.5 Å². The van der Waals surface area contributed by atoms with Crippen LogP contribution in [0, 0.1) is 12.7 Å². The van der Waals surface area contributed by atoms with Gasteiger partial charge in [0.25, 0.3) is 5.91 Å². The standard InChI is InChI=1S/C22H23FN4O2S/c1-14-5-11-17(12-6-14)27(21(29)18-13-30-26-25-18)19(20(28)24-22(2,3)4)15-7-9-16(23)10-8-15/h5-13,19H,1-4H3,(H,24,28)/t19-/m0/s1. The van der Waals surface area contributed by atoms with Crippen molar-refractivity contribution in [2.24, 2.45) is 0 Å². The van der Waals surface area contributed by atoms with Gasteiger partial charge in [-0.2, -0.15) is 0 Å². The molecule has 0 aliphatic carbocycles. The number of aromatic nitrogens is 2. The summed E-state index contributed by atoms with van der Waals surface area (Å²) in [5.41, 5.74) is 1.63. The first-order valence-corrected chi connectivity index (χ1v) is 10.2. The predicted molar refractivity (Wildman–Crippen MR) is 115 cm³/mol. The molecular weight excluding hydrogens is 403 g/mol. The molecule has 30 heavy (non-hydrogen) atoms. The van der Waals surface area contributed by atoms with Crippen molar-refractivity contribution >= 4 is 29.0 Å². The van der Waals surface area contributed by atoms with Crippen LogP contribution in [0.15, 0.2) is 53.9 Å². The highest BCUT2D eigenvalue weighted by atomic mass is 32.1. The number of nitrogens with one attached hydrogen (secondary N) is 1. The molecule has 1 atom stereocenters. The first-order valence-electron chi connectivity index (χ1n) is 9.40. The Labute approximate surface area is 178 Å². The molecule has 0 spiro atoms. The van der Waals surface area contributed by atoms with Crippen LogP contribution in [-0.2, 0) is 4.79 Å². The number of hydrogen-bond acceptors (Lipinski definition) is 5. The van der Waals surface area contributed by atoms with Crippen LogP contribution in [0.25, 0.3) is 0 Å². The van der Waals surface area contributed by atoms with Crippen molar-refractivity contribution in [1.82, 2.24) is 14.9 Å². The fraction of sp³-hybridized carbons (Fsp3) is 0.273. The molecule has 0 saturated heterocycles. The predicted octanol–water partition coefficient (Wildman–Crippen LogP) is 4.29. The average molecular weight is 427 g/mol. The van der Waals surface area contributed by atoms with Gasteiger partial charge in [0.15, 0.2) is 5.69 Å². The Kier molecular flexibility index (Phi) is 6.26. The summed E-state index contributed by atoms with van der Waals surface area (Å²) < 4.78 is 17.4. The summed E-state index contributed by atoms with van der Waals surface area (Å²) >= 11 is 1.05. The molecule has 8 heteroatoms. The fourth-order valence-corrected chi connectivity index (χ4v) is 3.40. The van der Waals surface area contributed by atoms with Crippen molar-refractivity contribution in [3.63, 3.8) is 0 Å². The van der Waals surface area contributed by atoms with Crippen LogP contribution in [-0.4, -0.2) is 26.9 Å². The molecule has 0 radical (unpaired) electrons. The van der Waals surface area contributed by atoms with Gasteiger partial charge in [0.05, 0.1) is 0 Å². The lowest BCUT2D eigenvalue weighted by Crippen LogP contribution is -2.49. The SMILES string of the molecule is Cc1ccc(N(C(=O)c2csnn2)[C@H](C(=O)NC(C)(C)C)c2ccc(F)cc2)cc1. The molecule has 1 N–H and O–H groups in total. The molecule has 0 fully saturated rings. The fourth-order valence-electron chi connectivity index (χ4n) is 2.97. The number of hydrogen-bond donors (Lipinski definition) is 1. The molecule has 3 rings (SSSR count). The van der Waals surface area contributed by atoms with Gasteiger partial charge < -0.3 is 5.32 Å². The molecule has 0 bridgehead atoms. The maximum Gasteiger partial charge on any atom is 0.280 e. The van der Waals surface area contributed by atoms with Crippen molar-refractivity contribution in [3.8, 4) is 0 Å². The Bertz CT molecular complexity index is 1010. The summed E-state index contributed by atoms with van der Waals surface area (Å²) in [4.78, 5) is 28.2. The second kappa shape index (κ2) is 8.71. The molecule has 0 aliphatic heterocycles. The van der Waals surface area contributed by atoms with Crippen molar-refractivity contribution in [1.29, 1.82) is 0 Å². The molecule has 3 aromatic rings. The third kappa shape index (κ3) is 5.07. The van der Waals surface area contributed by atoms with E-state index >= 15 is 0 Å². The Morgan fingerprint density at radius 3 is 2.23 bits per heavy atom. The number of amides is 2. The van der Waals surface area contributed by atoms with Crippen LogP contribution in [0.4, 0.5) is 10.1 Å². The number of aryl methyl sites for hydroxylation is 1. The van der Waals surface area contributed by atoms with Gasteiger partial charge >= 0.3 is 0 Å². The number of carbonyl (C=O) groups is 2. The van der Waals surface area contributed by atoms with E-state index in [-0.39, 0.29) is 11.6 Å². The highest BCUT2D eigenvalue weighted by Gasteiger charge is 2.35. The van der Waals surface area contributed by atoms with Gasteiger partial charge in [0.2, 0.25) is 5.91 Å². The maximum atomic E-state index is 13.6. The third-order valence-corrected chi connectivity index (χ3v) is 4.81. The lowest BCUT2D eigenvalue weighted by atomic mass is 10.00. The second-order valence-corrected chi connectivity index (χ2v) is 8.60. The van der Waals surface area contributed by atoms with Gasteiger partial charge in [-0.25, -0.2) is 4.39 Å². The summed E-state index contributed by atoms with van der Waals surface area (Å²) in [5, 5.41) is 8.36. The van der Waals surface area contributed by atoms with Crippen LogP contribution in [0.3, 0.4) is 0 Å². The lowest BCUT2D eigenvalue weighted by molar-refractivity contribution is -0.123. The van der Waals surface area contributed by atoms with Crippen molar-refractivity contribution in [2.45, 2.75) is 39.3 Å². The van der Waals surface area contributed by atoms with Crippen LogP contribution >= 0.6 is 11.5 Å². The highest BCUT2D eigenvalue weighted by Crippen LogP contribution is 2.30. The zero-order valence-corrected chi connectivity index (χ0v) is 18.0. The van der Waals surface area contributed by atoms with Crippen molar-refractivity contribution in [2.75, 3.05) is 4.90 Å². The number of nitrogens with zero attached hydrogens (tertiary/aromatic N) is 3. The molecule has 1 heterocycles. The first kappa shape index (κ1) is 21.6. The zero-order chi connectivity index (χ0) is 21.9. The Hall–Kier alpha value is -3.13. The topological polar surface area (TPSA) is 75.2 Å². The van der Waals surface area contributed by atoms with E-state index in [1.807, 2.05) is 39.8 Å². The molecule has 2 aromatic carbocycles. The largest absolute Gasteiger partial charge is 0.349 e. The maximum absolute atomic E-state index is 13.6. The smallest absolute Gasteiger partial charge is 0.280 e. The van der Waals surface area contributed by atoms with E-state index in [4.69, 9.17) is 0 Å². The Morgan fingerprint density at radius 2 is 1.70 bits per heavy atom. The van der Waals surface area contributed by atoms with Crippen LogP contribution in [0.2, 0.25) is 0 Å². The van der Waals surface area contributed by atoms with E-state index in [2.05, 4.69) is 14.9 Å². The van der Waals surface area contributed by atoms with Gasteiger partial charge in [-0.1, -0.05) is 34.3 Å². The number of benzene rings is 2. The number of anilines is 1. The van der Waals surface area contributed by atoms with E-state index in [0.29, 0.717) is 11.3 Å². The average Bonchev–Trinajstić information content (AvgIpc) is 3.21. The van der Waals surface area contributed by atoms with E-state index in [1.165, 1.54) is 34.5 Å². The van der Waals surface area contributed by atoms with E-state index in [9.17, 15) is 14.0 Å². The summed E-state index contributed by atoms with van der Waals surface area (Å²) in [6, 6.07) is 11.8. The lowest BCUT2D eigenvalue weighted by Gasteiger charge is -2.33. The van der Waals surface area contributed by atoms with Gasteiger partial charge in [0.1, 0.15) is 11.9 Å². The first-order chi connectivity index (χ1) is 14.2. The molecule has 0 saturated carbocycles. The van der Waals surface area contributed by atoms with Gasteiger partial charge in [0, 0.05) is 16.6 Å². The molecular formula is C22H23FN4O2S. The van der Waals surface area contributed by atoms with E-state index in [0.717, 1.165) is 17.1 Å². The molecule has 1 aromatic heterocycles. The van der Waals surface area contributed by atoms with E-state index in [1.54, 1.807) is 12.1 Å². The number of rotatable bonds is 5. The Balaban J connectivity index is 2.16. The Morgan fingerprint density at radius 1 is 1.07 bits per heavy atom. The quantitative estimate of drug-likeness (QED) is 0.660. The summed E-state index contributed by atoms with van der Waals surface area (Å²) in [6.45, 7) is 7.50. The van der Waals surface area contributed by atoms with E-state index < -0.39 is 23.3 Å². The number of carbonyl (C=O) groups excluding carboxylic acids is 2. The molecule has 6 nitrogen and oxygen atoms in total. The van der Waals surface area contributed by atoms with Crippen LogP contribution < -0.4 is 10.2 Å². The summed E-state index contributed by atoms with van der Waals surface area (Å²) in [5.74, 6) is -1.28. The zero-order valence-electron chi connectivity index (χ0n) is 17.2. The molecule has 156 valence electrons. The minimum absolute atomic E-state index is 0.135. The number of halogens is 1. The second-order valence-electron chi connectivity index (χ2n) is 7.99. The highest BCUT2D eigenvalue weighted by molar-refractivity contribution is 7.03. The van der Waals surface area contributed by atoms with Crippen LogP contribution in [0.1, 0.15) is 48.4 Å². The monoisotopic (exact) mass is 426 g/mol. The minimum atomic E-state index is -1.03. The van der Waals surface area contributed by atoms with Crippen molar-refractivity contribution < 1.29 is 14.0 Å². The van der Waals surface area contributed by atoms with Gasteiger partial charge in [-0.3, -0.25) is 14.5 Å². The normalized spacial score (nSPS) is 12.3. The van der Waals surface area contributed by atoms with Gasteiger partial charge in [-0.15, -0.1) is 5.10 Å². The minimum Gasteiger partial charge on any atom is -0.349 e. The summed E-state index contributed by atoms with van der Waals surface area (Å²) in [7, 11) is 0. The molecule has 2 amide bonds. The third-order valence-electron chi connectivity index (χ3n) is 4.30. The molecule has 0 unspecified atom stereocenters. The van der Waals surface area contributed by atoms with Gasteiger partial charge in [-0.05, 0) is 69.1 Å². The summed E-state index contributed by atoms with van der Waals surface area (Å²) in [6.07, 6.45) is 0. The molecule has 0 aliphatic rings. The van der Waals surface area contributed by atoms with Crippen LogP contribution in [0.5, 0.6) is 0 Å².